The SMILES string of the molecule is OCCOC1CCN(C2CCCNC2)CC1. The Kier molecular flexibility index (Phi) is 5.03. The first kappa shape index (κ1) is 12.3. The molecule has 2 fully saturated rings. The maximum Gasteiger partial charge on any atom is 0.0701 e. The summed E-state index contributed by atoms with van der Waals surface area (Å²) in [6.45, 7) is 5.29. The Morgan fingerprint density at radius 1 is 1.25 bits per heavy atom. The van der Waals surface area contributed by atoms with Crippen LogP contribution in [-0.4, -0.2) is 61.5 Å². The molecule has 0 saturated carbocycles. The predicted molar refractivity (Wildman–Crippen MR) is 63.5 cm³/mol. The highest BCUT2D eigenvalue weighted by molar-refractivity contribution is 4.82. The van der Waals surface area contributed by atoms with E-state index in [4.69, 9.17) is 9.84 Å². The molecule has 0 amide bonds. The maximum absolute atomic E-state index is 8.71. The van der Waals surface area contributed by atoms with E-state index in [1.54, 1.807) is 0 Å². The van der Waals surface area contributed by atoms with Crippen LogP contribution in [0.25, 0.3) is 0 Å². The molecule has 2 aliphatic heterocycles. The zero-order valence-electron chi connectivity index (χ0n) is 10.0. The fraction of sp³-hybridized carbons (Fsp3) is 1.00. The van der Waals surface area contributed by atoms with Crippen molar-refractivity contribution >= 4 is 0 Å². The van der Waals surface area contributed by atoms with Gasteiger partial charge in [0.05, 0.1) is 19.3 Å². The molecule has 4 nitrogen and oxygen atoms in total. The fourth-order valence-electron chi connectivity index (χ4n) is 2.77. The summed E-state index contributed by atoms with van der Waals surface area (Å²) >= 11 is 0. The molecule has 0 bridgehead atoms. The summed E-state index contributed by atoms with van der Waals surface area (Å²) in [4.78, 5) is 2.60. The molecule has 0 spiro atoms. The van der Waals surface area contributed by atoms with Crippen LogP contribution in [0.3, 0.4) is 0 Å². The topological polar surface area (TPSA) is 44.7 Å². The van der Waals surface area contributed by atoms with Crippen molar-refractivity contribution in [3.8, 4) is 0 Å². The van der Waals surface area contributed by atoms with Crippen LogP contribution in [0.5, 0.6) is 0 Å². The van der Waals surface area contributed by atoms with Gasteiger partial charge in [0.25, 0.3) is 0 Å². The first-order valence-electron chi connectivity index (χ1n) is 6.57. The lowest BCUT2D eigenvalue weighted by atomic mass is 10.0. The number of nitrogens with zero attached hydrogens (tertiary/aromatic N) is 1. The molecule has 1 atom stereocenters. The third-order valence-electron chi connectivity index (χ3n) is 3.71. The number of aliphatic hydroxyl groups is 1. The van der Waals surface area contributed by atoms with Crippen LogP contribution in [0.15, 0.2) is 0 Å². The van der Waals surface area contributed by atoms with Gasteiger partial charge in [-0.3, -0.25) is 4.90 Å². The minimum Gasteiger partial charge on any atom is -0.394 e. The van der Waals surface area contributed by atoms with Crippen molar-refractivity contribution in [1.29, 1.82) is 0 Å². The van der Waals surface area contributed by atoms with E-state index in [9.17, 15) is 0 Å². The number of ether oxygens (including phenoxy) is 1. The van der Waals surface area contributed by atoms with E-state index in [0.717, 1.165) is 38.5 Å². The molecule has 94 valence electrons. The number of hydrogen-bond donors (Lipinski definition) is 2. The molecule has 2 rings (SSSR count). The second-order valence-electron chi connectivity index (χ2n) is 4.83. The zero-order chi connectivity index (χ0) is 11.2. The van der Waals surface area contributed by atoms with E-state index >= 15 is 0 Å². The molecule has 2 N–H and O–H groups in total. The lowest BCUT2D eigenvalue weighted by Crippen LogP contribution is -2.50. The number of likely N-dealkylation sites (tertiary alicyclic amines) is 1. The summed E-state index contributed by atoms with van der Waals surface area (Å²) in [5.41, 5.74) is 0. The monoisotopic (exact) mass is 228 g/mol. The first-order valence-corrected chi connectivity index (χ1v) is 6.57. The Morgan fingerprint density at radius 2 is 2.06 bits per heavy atom. The summed E-state index contributed by atoms with van der Waals surface area (Å²) in [5.74, 6) is 0. The van der Waals surface area contributed by atoms with Crippen LogP contribution >= 0.6 is 0 Å². The molecule has 1 unspecified atom stereocenters. The van der Waals surface area contributed by atoms with E-state index in [1.165, 1.54) is 19.4 Å². The van der Waals surface area contributed by atoms with Crippen LogP contribution in [0.4, 0.5) is 0 Å². The highest BCUT2D eigenvalue weighted by Crippen LogP contribution is 2.19. The molecule has 0 aliphatic carbocycles. The van der Waals surface area contributed by atoms with E-state index in [2.05, 4.69) is 10.2 Å². The summed E-state index contributed by atoms with van der Waals surface area (Å²) in [7, 11) is 0. The van der Waals surface area contributed by atoms with Crippen LogP contribution in [0.1, 0.15) is 25.7 Å². The number of nitrogens with one attached hydrogen (secondary N) is 1. The maximum atomic E-state index is 8.71. The second-order valence-corrected chi connectivity index (χ2v) is 4.83. The summed E-state index contributed by atoms with van der Waals surface area (Å²) in [5, 5.41) is 12.2. The second kappa shape index (κ2) is 6.55. The van der Waals surface area contributed by atoms with Crippen molar-refractivity contribution in [2.45, 2.75) is 37.8 Å². The Balaban J connectivity index is 1.67. The molecular weight excluding hydrogens is 204 g/mol. The van der Waals surface area contributed by atoms with Crippen molar-refractivity contribution in [1.82, 2.24) is 10.2 Å². The van der Waals surface area contributed by atoms with Gasteiger partial charge in [0.15, 0.2) is 0 Å². The van der Waals surface area contributed by atoms with Crippen molar-refractivity contribution in [2.24, 2.45) is 0 Å². The van der Waals surface area contributed by atoms with E-state index in [0.29, 0.717) is 12.7 Å². The molecule has 0 aromatic rings. The normalized spacial score (nSPS) is 29.4. The average molecular weight is 228 g/mol. The smallest absolute Gasteiger partial charge is 0.0701 e. The van der Waals surface area contributed by atoms with Gasteiger partial charge in [-0.25, -0.2) is 0 Å². The van der Waals surface area contributed by atoms with Crippen molar-refractivity contribution in [3.05, 3.63) is 0 Å². The highest BCUT2D eigenvalue weighted by Gasteiger charge is 2.26. The molecule has 2 heterocycles. The number of rotatable bonds is 4. The van der Waals surface area contributed by atoms with Crippen molar-refractivity contribution in [2.75, 3.05) is 39.4 Å². The van der Waals surface area contributed by atoms with Gasteiger partial charge in [0.2, 0.25) is 0 Å². The first-order chi connectivity index (χ1) is 7.90. The van der Waals surface area contributed by atoms with Gasteiger partial charge in [-0.1, -0.05) is 0 Å². The van der Waals surface area contributed by atoms with E-state index in [1.807, 2.05) is 0 Å². The number of piperidine rings is 2. The highest BCUT2D eigenvalue weighted by atomic mass is 16.5. The van der Waals surface area contributed by atoms with Gasteiger partial charge in [0, 0.05) is 25.7 Å². The summed E-state index contributed by atoms with van der Waals surface area (Å²) < 4.78 is 5.58. The van der Waals surface area contributed by atoms with Crippen molar-refractivity contribution in [3.63, 3.8) is 0 Å². The van der Waals surface area contributed by atoms with Gasteiger partial charge < -0.3 is 15.2 Å². The van der Waals surface area contributed by atoms with Crippen LogP contribution in [0, 0.1) is 0 Å². The molecular formula is C12H24N2O2. The van der Waals surface area contributed by atoms with Crippen molar-refractivity contribution < 1.29 is 9.84 Å². The zero-order valence-corrected chi connectivity index (χ0v) is 10.0. The fourth-order valence-corrected chi connectivity index (χ4v) is 2.77. The van der Waals surface area contributed by atoms with Gasteiger partial charge in [0.1, 0.15) is 0 Å². The molecule has 16 heavy (non-hydrogen) atoms. The lowest BCUT2D eigenvalue weighted by molar-refractivity contribution is -0.0170. The van der Waals surface area contributed by atoms with Gasteiger partial charge in [-0.2, -0.15) is 0 Å². The van der Waals surface area contributed by atoms with Crippen LogP contribution < -0.4 is 5.32 Å². The van der Waals surface area contributed by atoms with Crippen LogP contribution in [0.2, 0.25) is 0 Å². The van der Waals surface area contributed by atoms with Crippen LogP contribution in [-0.2, 0) is 4.74 Å². The standard InChI is InChI=1S/C12H24N2O2/c15-8-9-16-12-3-6-14(7-4-12)11-2-1-5-13-10-11/h11-13,15H,1-10H2. The van der Waals surface area contributed by atoms with Gasteiger partial charge in [-0.15, -0.1) is 0 Å². The quantitative estimate of drug-likeness (QED) is 0.722. The van der Waals surface area contributed by atoms with Gasteiger partial charge >= 0.3 is 0 Å². The Labute approximate surface area is 98.0 Å². The molecule has 0 aromatic heterocycles. The third kappa shape index (κ3) is 3.42. The molecule has 0 aromatic carbocycles. The molecule has 2 saturated heterocycles. The summed E-state index contributed by atoms with van der Waals surface area (Å²) in [6, 6.07) is 0.743. The molecule has 4 heteroatoms. The minimum absolute atomic E-state index is 0.146. The molecule has 0 radical (unpaired) electrons. The van der Waals surface area contributed by atoms with E-state index in [-0.39, 0.29) is 6.61 Å². The number of aliphatic hydroxyl groups excluding tert-OH is 1. The number of hydrogen-bond acceptors (Lipinski definition) is 4. The Hall–Kier alpha value is -0.160. The average Bonchev–Trinajstić information content (AvgIpc) is 2.38. The van der Waals surface area contributed by atoms with Gasteiger partial charge in [-0.05, 0) is 32.2 Å². The molecule has 2 aliphatic rings. The Morgan fingerprint density at radius 3 is 2.69 bits per heavy atom. The third-order valence-corrected chi connectivity index (χ3v) is 3.71. The summed E-state index contributed by atoms with van der Waals surface area (Å²) in [6.07, 6.45) is 5.27. The van der Waals surface area contributed by atoms with E-state index < -0.39 is 0 Å². The lowest BCUT2D eigenvalue weighted by Gasteiger charge is -2.39. The largest absolute Gasteiger partial charge is 0.394 e. The minimum atomic E-state index is 0.146. The predicted octanol–water partition coefficient (Wildman–Crippen LogP) is 0.212. The Bertz CT molecular complexity index is 187.